The predicted molar refractivity (Wildman–Crippen MR) is 555 cm³/mol. The van der Waals surface area contributed by atoms with Gasteiger partial charge in [0, 0.05) is 168 Å². The summed E-state index contributed by atoms with van der Waals surface area (Å²) in [6, 6.07) is 50.3. The topological polar surface area (TPSA) is 418 Å². The molecule has 10 aromatic heterocycles. The molecule has 0 unspecified atom stereocenters. The van der Waals surface area contributed by atoms with Crippen LogP contribution in [0.25, 0.3) is 111 Å². The molecule has 25 rings (SSSR count). The largest absolute Gasteiger partial charge is 0.328 e. The van der Waals surface area contributed by atoms with Crippen LogP contribution in [0.4, 0.5) is 59.2 Å². The fourth-order valence-corrected chi connectivity index (χ4v) is 19.3. The molecule has 0 saturated carbocycles. The van der Waals surface area contributed by atoms with E-state index in [0.29, 0.717) is 117 Å². The first-order valence-corrected chi connectivity index (χ1v) is 49.4. The summed E-state index contributed by atoms with van der Waals surface area (Å²) in [5.41, 5.74) is 12.4. The molecule has 10 aromatic carbocycles. The Morgan fingerprint density at radius 3 is 1.04 bits per heavy atom. The summed E-state index contributed by atoms with van der Waals surface area (Å²) in [6.45, 7) is 7.63. The normalized spacial score (nSPS) is 14.4. The lowest BCUT2D eigenvalue weighted by Crippen LogP contribution is -2.31. The van der Waals surface area contributed by atoms with Crippen molar-refractivity contribution in [3.05, 3.63) is 323 Å². The Morgan fingerprint density at radius 1 is 0.333 bits per heavy atom. The van der Waals surface area contributed by atoms with Crippen LogP contribution >= 0.6 is 11.6 Å². The van der Waals surface area contributed by atoms with Gasteiger partial charge in [0.25, 0.3) is 29.5 Å². The van der Waals surface area contributed by atoms with Gasteiger partial charge in [0.2, 0.25) is 0 Å². The van der Waals surface area contributed by atoms with Crippen LogP contribution in [0.2, 0.25) is 5.02 Å². The monoisotopic (exact) mass is 2050 g/mol. The van der Waals surface area contributed by atoms with E-state index in [0.717, 1.165) is 174 Å². The highest BCUT2D eigenvalue weighted by Crippen LogP contribution is 2.38. The van der Waals surface area contributed by atoms with Crippen molar-refractivity contribution in [1.82, 2.24) is 120 Å². The molecule has 42 heteroatoms. The van der Waals surface area contributed by atoms with Crippen molar-refractivity contribution >= 4 is 124 Å². The number of hydrogen-bond donors (Lipinski definition) is 12. The van der Waals surface area contributed by atoms with Crippen molar-refractivity contribution in [2.75, 3.05) is 72.9 Å². The number of fused-ring (bicyclic) bond motifs is 7. The number of amides is 5. The average Bonchev–Trinajstić information content (AvgIpc) is 1.64. The number of aryl methyl sites for hydroxylation is 2. The fraction of sp³-hybridized carbons (Fsp3) is 0.222. The zero-order valence-electron chi connectivity index (χ0n) is 80.6. The van der Waals surface area contributed by atoms with Gasteiger partial charge in [-0.2, -0.15) is 40.8 Å². The lowest BCUT2D eigenvalue weighted by atomic mass is 10.0. The van der Waals surface area contributed by atoms with Crippen molar-refractivity contribution in [2.45, 2.75) is 108 Å². The van der Waals surface area contributed by atoms with Crippen LogP contribution in [0.3, 0.4) is 0 Å². The highest BCUT2D eigenvalue weighted by molar-refractivity contribution is 6.30. The van der Waals surface area contributed by atoms with E-state index >= 15 is 0 Å². The first-order valence-electron chi connectivity index (χ1n) is 49.1. The van der Waals surface area contributed by atoms with Crippen LogP contribution < -0.4 is 37.2 Å². The molecule has 150 heavy (non-hydrogen) atoms. The maximum atomic E-state index is 14.9. The number of carbonyl (C=O) groups is 5. The second-order valence-corrected chi connectivity index (χ2v) is 37.6. The molecular weight excluding hydrogens is 1950 g/mol. The van der Waals surface area contributed by atoms with E-state index in [-0.39, 0.29) is 58.3 Å². The van der Waals surface area contributed by atoms with Crippen LogP contribution in [0, 0.1) is 40.7 Å². The van der Waals surface area contributed by atoms with E-state index in [1.165, 1.54) is 122 Å². The van der Waals surface area contributed by atoms with Gasteiger partial charge in [-0.15, -0.1) is 10.2 Å². The molecule has 20 aromatic rings. The summed E-state index contributed by atoms with van der Waals surface area (Å²) in [5, 5.41) is 80.4. The van der Waals surface area contributed by atoms with Crippen LogP contribution in [-0.4, -0.2) is 185 Å². The molecule has 0 aliphatic carbocycles. The van der Waals surface area contributed by atoms with Gasteiger partial charge < -0.3 is 51.3 Å². The van der Waals surface area contributed by atoms with Crippen molar-refractivity contribution in [1.29, 1.82) is 0 Å². The van der Waals surface area contributed by atoms with E-state index in [1.54, 1.807) is 61.1 Å². The van der Waals surface area contributed by atoms with Gasteiger partial charge in [0.05, 0.1) is 76.2 Å². The Hall–Kier alpha value is -17.4. The first kappa shape index (κ1) is 98.6. The van der Waals surface area contributed by atoms with E-state index in [9.17, 15) is 54.7 Å². The van der Waals surface area contributed by atoms with Crippen molar-refractivity contribution in [3.8, 4) is 56.0 Å². The number of imidazole rings is 1. The Balaban J connectivity index is 0.000000110. The number of carbonyl (C=O) groups excluding carboxylic acids is 5. The van der Waals surface area contributed by atoms with E-state index in [2.05, 4.69) is 140 Å². The molecule has 15 heterocycles. The summed E-state index contributed by atoms with van der Waals surface area (Å²) < 4.78 is 107. The summed E-state index contributed by atoms with van der Waals surface area (Å²) >= 11 is 5.89. The molecule has 0 bridgehead atoms. The molecular formula is C108H97ClF7N29O5. The third-order valence-corrected chi connectivity index (χ3v) is 27.5. The van der Waals surface area contributed by atoms with Gasteiger partial charge in [0.15, 0.2) is 34.3 Å². The number of anilines is 5. The Labute approximate surface area is 854 Å². The third-order valence-electron chi connectivity index (χ3n) is 27.2. The summed E-state index contributed by atoms with van der Waals surface area (Å²) in [6.07, 6.45) is 24.8. The second-order valence-electron chi connectivity index (χ2n) is 37.2. The van der Waals surface area contributed by atoms with Gasteiger partial charge in [-0.05, 0) is 280 Å². The SMILES string of the molecule is CN1CCC(n2cc(-c3cc4c(C(=O)Nc5ccc(F)cc5)n[nH]c4cc3F)cn2)CC1.O=C(Nc1ccc(Cl)cc1)c1n[nH]c2cc(F)c(-c3cnn(C4CCNCC4)c3)cc12.O=C(Nc1ccc(F)cc1)c1n[nH]c2cc(F)c(-c3cnn(C4CCNCC4)c3)cc12.O=C(Nc1ccc(F)cc1)c1n[nH]c2ccc(-c3cnc4n3CCCC4)cc12.O=C(Nc1ccc(F)cc1)c1n[nH]c2ccc(-c3nnc4n3CCCC4)cc12. The average molecular weight is 2050 g/mol. The fourth-order valence-electron chi connectivity index (χ4n) is 19.2. The first-order chi connectivity index (χ1) is 73.0. The van der Waals surface area contributed by atoms with Gasteiger partial charge in [-0.1, -0.05) is 17.7 Å². The van der Waals surface area contributed by atoms with Crippen LogP contribution in [0.15, 0.2) is 238 Å². The molecule has 34 nitrogen and oxygen atoms in total. The Morgan fingerprint density at radius 2 is 0.660 bits per heavy atom. The molecule has 5 aliphatic rings. The minimum Gasteiger partial charge on any atom is -0.328 e. The number of halogens is 8. The Kier molecular flexibility index (Phi) is 28.7. The van der Waals surface area contributed by atoms with Crippen molar-refractivity contribution in [2.24, 2.45) is 0 Å². The summed E-state index contributed by atoms with van der Waals surface area (Å²) in [7, 11) is 2.10. The van der Waals surface area contributed by atoms with Crippen molar-refractivity contribution in [3.63, 3.8) is 0 Å². The van der Waals surface area contributed by atoms with E-state index in [1.807, 2.05) is 75.2 Å². The molecule has 5 aliphatic heterocycles. The van der Waals surface area contributed by atoms with E-state index in [4.69, 9.17) is 11.6 Å². The molecule has 3 fully saturated rings. The van der Waals surface area contributed by atoms with Gasteiger partial charge in [-0.3, -0.25) is 63.5 Å². The lowest BCUT2D eigenvalue weighted by Gasteiger charge is -2.28. The number of H-pyrrole nitrogens is 5. The molecule has 12 N–H and O–H groups in total. The molecule has 0 spiro atoms. The minimum atomic E-state index is -0.471. The predicted octanol–water partition coefficient (Wildman–Crippen LogP) is 20.2. The Bertz CT molecular complexity index is 7970. The number of nitrogens with one attached hydrogen (secondary N) is 12. The highest BCUT2D eigenvalue weighted by atomic mass is 35.5. The number of rotatable bonds is 18. The smallest absolute Gasteiger partial charge is 0.276 e. The lowest BCUT2D eigenvalue weighted by molar-refractivity contribution is 0.101. The van der Waals surface area contributed by atoms with Gasteiger partial charge in [-0.25, -0.2) is 35.7 Å². The number of likely N-dealkylation sites (tertiary alicyclic amines) is 1. The molecule has 5 amide bonds. The van der Waals surface area contributed by atoms with Crippen LogP contribution in [0.5, 0.6) is 0 Å². The quantitative estimate of drug-likeness (QED) is 0.0355. The molecule has 0 radical (unpaired) electrons. The van der Waals surface area contributed by atoms with Crippen LogP contribution in [-0.2, 0) is 25.9 Å². The zero-order chi connectivity index (χ0) is 103. The molecule has 3 saturated heterocycles. The second kappa shape index (κ2) is 43.7. The third kappa shape index (κ3) is 21.9. The van der Waals surface area contributed by atoms with Gasteiger partial charge in [0.1, 0.15) is 52.4 Å². The van der Waals surface area contributed by atoms with Crippen LogP contribution in [0.1, 0.15) is 146 Å². The maximum Gasteiger partial charge on any atom is 0.276 e. The van der Waals surface area contributed by atoms with Crippen molar-refractivity contribution < 1.29 is 54.7 Å². The summed E-state index contributed by atoms with van der Waals surface area (Å²) in [4.78, 5) is 70.4. The number of nitrogens with zero attached hydrogens (tertiary/aromatic N) is 17. The minimum absolute atomic E-state index is 0.131. The maximum absolute atomic E-state index is 14.9. The number of benzene rings is 10. The number of piperidine rings is 3. The van der Waals surface area contributed by atoms with Gasteiger partial charge >= 0.3 is 0 Å². The van der Waals surface area contributed by atoms with E-state index < -0.39 is 46.8 Å². The number of aromatic nitrogens is 21. The number of aromatic amines is 5. The molecule has 760 valence electrons. The zero-order valence-corrected chi connectivity index (χ0v) is 81.3. The standard InChI is InChI=1S/C23H22F2N6O.C22H20ClFN6O.C22H20F2N6O.C21H18FN5O.C20H17FN6O/c1-30-8-6-17(7-9-30)31-13-14(12-26-31)18-10-19-21(11-20(18)25)28-29-22(19)23(32)27-16-4-2-15(24)3-5-16;2*23-14-1-3-15(4-2-14)27-22(31)21-18-9-17(19(24)10-20(18)28-29-21)13-11-26-30(12-13)16-5-7-25-8-6-16;22-14-5-7-15(8-6-14)24-21(28)20-16-11-13(4-9-17(16)25-26-20)18-12-23-19-3-1-2-10-27(18)19;21-13-5-7-14(8-6-13)22-20(28)18-15-11-12(4-9-16(15)23-25-18)19-26-24-17-3-1-2-10-27(17)19/h2-5,10-13,17H,6-9H2,1H3,(H,27,32)(H,28,29);2*1-4,9-12,16,25H,5-8H2,(H,27,31)(H,28,29);4-9,11-12H,1-3,10H2,(H,24,28)(H,25,26);4-9,11H,1-3,10H2,(H,22,28)(H,23,25). The highest BCUT2D eigenvalue weighted by Gasteiger charge is 2.30. The summed E-state index contributed by atoms with van der Waals surface area (Å²) in [5.74, 6) is -1.85. The number of hydrogen-bond acceptors (Lipinski definition) is 19. The molecule has 0 atom stereocenters.